The quantitative estimate of drug-likeness (QED) is 0.698. The van der Waals surface area contributed by atoms with Gasteiger partial charge in [-0.05, 0) is 38.5 Å². The zero-order chi connectivity index (χ0) is 18.2. The topological polar surface area (TPSA) is 59.3 Å². The SMILES string of the molecule is C=C(C)CC(O)c1cn(S(=O)(=O)c2ccc(C)cc2)c2ccccc12. The Hall–Kier alpha value is -2.37. The molecule has 3 rings (SSSR count). The molecule has 1 unspecified atom stereocenters. The molecule has 5 heteroatoms. The van der Waals surface area contributed by atoms with Crippen molar-refractivity contribution in [1.82, 2.24) is 3.97 Å². The standard InChI is InChI=1S/C20H21NO3S/c1-14(2)12-20(22)18-13-21(19-7-5-4-6-17(18)19)25(23,24)16-10-8-15(3)9-11-16/h4-11,13,20,22H,1,12H2,2-3H3. The van der Waals surface area contributed by atoms with Crippen molar-refractivity contribution in [2.45, 2.75) is 31.3 Å². The predicted octanol–water partition coefficient (Wildman–Crippen LogP) is 4.19. The van der Waals surface area contributed by atoms with Crippen LogP contribution in [-0.4, -0.2) is 17.5 Å². The number of para-hydroxylation sites is 1. The molecule has 0 aliphatic carbocycles. The van der Waals surface area contributed by atoms with E-state index in [-0.39, 0.29) is 4.90 Å². The Morgan fingerprint density at radius 3 is 2.44 bits per heavy atom. The molecular formula is C20H21NO3S. The molecule has 1 heterocycles. The zero-order valence-corrected chi connectivity index (χ0v) is 15.1. The van der Waals surface area contributed by atoms with E-state index in [1.54, 1.807) is 36.4 Å². The van der Waals surface area contributed by atoms with Crippen LogP contribution in [0.3, 0.4) is 0 Å². The number of aryl methyl sites for hydroxylation is 1. The second-order valence-corrected chi connectivity index (χ2v) is 8.21. The third-order valence-corrected chi connectivity index (χ3v) is 5.88. The average molecular weight is 355 g/mol. The van der Waals surface area contributed by atoms with E-state index in [1.807, 2.05) is 26.0 Å². The molecule has 0 aliphatic heterocycles. The van der Waals surface area contributed by atoms with Crippen molar-refractivity contribution >= 4 is 20.9 Å². The fourth-order valence-electron chi connectivity index (χ4n) is 2.90. The van der Waals surface area contributed by atoms with Crippen LogP contribution < -0.4 is 0 Å². The number of benzene rings is 2. The van der Waals surface area contributed by atoms with Gasteiger partial charge in [-0.1, -0.05) is 41.5 Å². The Labute approximate surface area is 148 Å². The summed E-state index contributed by atoms with van der Waals surface area (Å²) in [5, 5.41) is 11.2. The van der Waals surface area contributed by atoms with Gasteiger partial charge in [-0.3, -0.25) is 0 Å². The zero-order valence-electron chi connectivity index (χ0n) is 14.3. The molecule has 0 bridgehead atoms. The highest BCUT2D eigenvalue weighted by molar-refractivity contribution is 7.90. The molecule has 0 aliphatic rings. The summed E-state index contributed by atoms with van der Waals surface area (Å²) in [4.78, 5) is 0.222. The van der Waals surface area contributed by atoms with Crippen molar-refractivity contribution in [3.63, 3.8) is 0 Å². The second kappa shape index (κ2) is 6.50. The molecule has 3 aromatic rings. The monoisotopic (exact) mass is 355 g/mol. The Kier molecular flexibility index (Phi) is 4.54. The molecule has 4 nitrogen and oxygen atoms in total. The van der Waals surface area contributed by atoms with Gasteiger partial charge in [0.2, 0.25) is 0 Å². The summed E-state index contributed by atoms with van der Waals surface area (Å²) in [7, 11) is -3.74. The maximum Gasteiger partial charge on any atom is 0.268 e. The molecule has 0 saturated heterocycles. The predicted molar refractivity (Wildman–Crippen MR) is 100 cm³/mol. The Bertz CT molecular complexity index is 1030. The summed E-state index contributed by atoms with van der Waals surface area (Å²) < 4.78 is 27.4. The largest absolute Gasteiger partial charge is 0.388 e. The minimum Gasteiger partial charge on any atom is -0.388 e. The normalized spacial score (nSPS) is 13.1. The van der Waals surface area contributed by atoms with Gasteiger partial charge in [0.15, 0.2) is 0 Å². The maximum absolute atomic E-state index is 13.1. The summed E-state index contributed by atoms with van der Waals surface area (Å²) in [5.41, 5.74) is 2.98. The van der Waals surface area contributed by atoms with Gasteiger partial charge < -0.3 is 5.11 Å². The number of hydrogen-bond acceptors (Lipinski definition) is 3. The van der Waals surface area contributed by atoms with Crippen LogP contribution in [0.2, 0.25) is 0 Å². The van der Waals surface area contributed by atoms with E-state index >= 15 is 0 Å². The molecule has 130 valence electrons. The molecule has 0 saturated carbocycles. The van der Waals surface area contributed by atoms with Gasteiger partial charge in [-0.2, -0.15) is 0 Å². The Morgan fingerprint density at radius 1 is 1.16 bits per heavy atom. The van der Waals surface area contributed by atoms with Crippen molar-refractivity contribution in [1.29, 1.82) is 0 Å². The molecule has 0 spiro atoms. The molecular weight excluding hydrogens is 334 g/mol. The fourth-order valence-corrected chi connectivity index (χ4v) is 4.28. The van der Waals surface area contributed by atoms with Crippen LogP contribution in [0.4, 0.5) is 0 Å². The van der Waals surface area contributed by atoms with E-state index in [4.69, 9.17) is 0 Å². The van der Waals surface area contributed by atoms with Crippen LogP contribution in [0, 0.1) is 6.92 Å². The first-order valence-corrected chi connectivity index (χ1v) is 9.49. The average Bonchev–Trinajstić information content (AvgIpc) is 2.95. The molecule has 0 amide bonds. The van der Waals surface area contributed by atoms with Crippen LogP contribution in [0.1, 0.15) is 30.6 Å². The van der Waals surface area contributed by atoms with Gasteiger partial charge in [0.1, 0.15) is 0 Å². The Balaban J connectivity index is 2.20. The van der Waals surface area contributed by atoms with Crippen molar-refractivity contribution in [2.75, 3.05) is 0 Å². The van der Waals surface area contributed by atoms with Gasteiger partial charge in [-0.25, -0.2) is 12.4 Å². The van der Waals surface area contributed by atoms with Crippen molar-refractivity contribution < 1.29 is 13.5 Å². The number of hydrogen-bond donors (Lipinski definition) is 1. The van der Waals surface area contributed by atoms with Gasteiger partial charge in [0.05, 0.1) is 16.5 Å². The van der Waals surface area contributed by atoms with Gasteiger partial charge in [-0.15, -0.1) is 6.58 Å². The summed E-state index contributed by atoms with van der Waals surface area (Å²) in [6.07, 6.45) is 1.11. The lowest BCUT2D eigenvalue weighted by molar-refractivity contribution is 0.180. The second-order valence-electron chi connectivity index (χ2n) is 6.39. The first kappa shape index (κ1) is 17.5. The number of rotatable bonds is 5. The number of aromatic nitrogens is 1. The van der Waals surface area contributed by atoms with E-state index in [1.165, 1.54) is 10.2 Å². The minimum absolute atomic E-state index is 0.222. The van der Waals surface area contributed by atoms with Crippen molar-refractivity contribution in [3.05, 3.63) is 78.0 Å². The highest BCUT2D eigenvalue weighted by Crippen LogP contribution is 2.32. The van der Waals surface area contributed by atoms with E-state index in [2.05, 4.69) is 6.58 Å². The molecule has 1 atom stereocenters. The molecule has 0 radical (unpaired) electrons. The van der Waals surface area contributed by atoms with Gasteiger partial charge in [0.25, 0.3) is 10.0 Å². The molecule has 25 heavy (non-hydrogen) atoms. The summed E-state index contributed by atoms with van der Waals surface area (Å²) in [6, 6.07) is 13.9. The van der Waals surface area contributed by atoms with Crippen molar-refractivity contribution in [3.8, 4) is 0 Å². The first-order chi connectivity index (χ1) is 11.8. The molecule has 1 N–H and O–H groups in total. The smallest absolute Gasteiger partial charge is 0.268 e. The summed E-state index contributed by atoms with van der Waals surface area (Å²) in [6.45, 7) is 7.58. The number of aliphatic hydroxyl groups excluding tert-OH is 1. The third-order valence-electron chi connectivity index (χ3n) is 4.19. The molecule has 1 aromatic heterocycles. The van der Waals surface area contributed by atoms with Crippen LogP contribution in [-0.2, 0) is 10.0 Å². The van der Waals surface area contributed by atoms with E-state index in [9.17, 15) is 13.5 Å². The van der Waals surface area contributed by atoms with Crippen LogP contribution in [0.15, 0.2) is 71.8 Å². The van der Waals surface area contributed by atoms with Crippen molar-refractivity contribution in [2.24, 2.45) is 0 Å². The number of aliphatic hydroxyl groups is 1. The molecule has 2 aromatic carbocycles. The Morgan fingerprint density at radius 2 is 1.80 bits per heavy atom. The van der Waals surface area contributed by atoms with E-state index in [0.29, 0.717) is 17.5 Å². The fraction of sp³-hybridized carbons (Fsp3) is 0.200. The number of fused-ring (bicyclic) bond motifs is 1. The van der Waals surface area contributed by atoms with E-state index in [0.717, 1.165) is 16.5 Å². The lowest BCUT2D eigenvalue weighted by Crippen LogP contribution is -2.12. The van der Waals surface area contributed by atoms with Gasteiger partial charge in [0, 0.05) is 17.1 Å². The van der Waals surface area contributed by atoms with E-state index < -0.39 is 16.1 Å². The third kappa shape index (κ3) is 3.25. The van der Waals surface area contributed by atoms with Crippen LogP contribution in [0.5, 0.6) is 0 Å². The summed E-state index contributed by atoms with van der Waals surface area (Å²) >= 11 is 0. The van der Waals surface area contributed by atoms with Crippen LogP contribution in [0.25, 0.3) is 10.9 Å². The molecule has 0 fully saturated rings. The lowest BCUT2D eigenvalue weighted by atomic mass is 10.0. The maximum atomic E-state index is 13.1. The lowest BCUT2D eigenvalue weighted by Gasteiger charge is -2.09. The minimum atomic E-state index is -3.74. The number of nitrogens with zero attached hydrogens (tertiary/aromatic N) is 1. The highest BCUT2D eigenvalue weighted by atomic mass is 32.2. The van der Waals surface area contributed by atoms with Gasteiger partial charge >= 0.3 is 0 Å². The van der Waals surface area contributed by atoms with Crippen LogP contribution >= 0.6 is 0 Å². The highest BCUT2D eigenvalue weighted by Gasteiger charge is 2.23. The first-order valence-electron chi connectivity index (χ1n) is 8.05. The summed E-state index contributed by atoms with van der Waals surface area (Å²) in [5.74, 6) is 0.